The number of aromatic nitrogens is 2. The van der Waals surface area contributed by atoms with E-state index >= 15 is 0 Å². The van der Waals surface area contributed by atoms with Crippen LogP contribution in [0.5, 0.6) is 5.75 Å². The molecule has 2 aromatic rings. The van der Waals surface area contributed by atoms with Crippen LogP contribution in [0.4, 0.5) is 0 Å². The van der Waals surface area contributed by atoms with Crippen molar-refractivity contribution in [3.63, 3.8) is 0 Å². The molecule has 1 aromatic carbocycles. The number of benzene rings is 1. The molecule has 0 aliphatic heterocycles. The number of nitrogens with zero attached hydrogens (tertiary/aromatic N) is 2. The summed E-state index contributed by atoms with van der Waals surface area (Å²) >= 11 is 0. The number of hydrogen-bond donors (Lipinski definition) is 0. The van der Waals surface area contributed by atoms with Gasteiger partial charge in [0.25, 0.3) is 5.89 Å². The molecule has 0 amide bonds. The van der Waals surface area contributed by atoms with E-state index in [4.69, 9.17) is 13.9 Å². The molecule has 1 heterocycles. The number of esters is 1. The van der Waals surface area contributed by atoms with Crippen LogP contribution in [0.2, 0.25) is 0 Å². The maximum absolute atomic E-state index is 13.1. The summed E-state index contributed by atoms with van der Waals surface area (Å²) in [5, 5.41) is 8.22. The Morgan fingerprint density at radius 3 is 2.25 bits per heavy atom. The lowest BCUT2D eigenvalue weighted by Gasteiger charge is -2.55. The maximum Gasteiger partial charge on any atom is 0.312 e. The van der Waals surface area contributed by atoms with E-state index in [1.54, 1.807) is 7.11 Å². The normalized spacial score (nSPS) is 31.6. The fourth-order valence-corrected chi connectivity index (χ4v) is 5.95. The van der Waals surface area contributed by atoms with Crippen LogP contribution < -0.4 is 4.74 Å². The fraction of sp³-hybridized carbons (Fsp3) is 0.591. The van der Waals surface area contributed by atoms with Crippen molar-refractivity contribution in [2.24, 2.45) is 23.2 Å². The van der Waals surface area contributed by atoms with Crippen molar-refractivity contribution in [3.05, 3.63) is 30.2 Å². The van der Waals surface area contributed by atoms with Gasteiger partial charge >= 0.3 is 5.97 Å². The Labute approximate surface area is 164 Å². The van der Waals surface area contributed by atoms with Crippen molar-refractivity contribution < 1.29 is 18.7 Å². The van der Waals surface area contributed by atoms with Gasteiger partial charge < -0.3 is 13.9 Å². The minimum absolute atomic E-state index is 0.0664. The van der Waals surface area contributed by atoms with Crippen LogP contribution in [-0.2, 0) is 9.53 Å². The second kappa shape index (κ2) is 6.61. The Morgan fingerprint density at radius 2 is 1.68 bits per heavy atom. The van der Waals surface area contributed by atoms with E-state index in [9.17, 15) is 4.79 Å². The van der Waals surface area contributed by atoms with Gasteiger partial charge in [-0.05, 0) is 87.5 Å². The predicted octanol–water partition coefficient (Wildman–Crippen LogP) is 4.57. The largest absolute Gasteiger partial charge is 0.497 e. The van der Waals surface area contributed by atoms with E-state index in [1.165, 1.54) is 19.3 Å². The SMILES string of the molecule is COc1ccc(-c2nnc([C@H](C)OC(=O)C34CC5CC(CC(C5)C3)C4)o2)cc1. The van der Waals surface area contributed by atoms with Gasteiger partial charge in [0.05, 0.1) is 12.5 Å². The van der Waals surface area contributed by atoms with E-state index in [2.05, 4.69) is 10.2 Å². The monoisotopic (exact) mass is 382 g/mol. The summed E-state index contributed by atoms with van der Waals surface area (Å²) in [6.45, 7) is 1.81. The smallest absolute Gasteiger partial charge is 0.312 e. The maximum atomic E-state index is 13.1. The molecule has 0 unspecified atom stereocenters. The Kier molecular flexibility index (Phi) is 4.18. The van der Waals surface area contributed by atoms with E-state index in [0.717, 1.165) is 30.6 Å². The molecule has 0 saturated heterocycles. The quantitative estimate of drug-likeness (QED) is 0.706. The summed E-state index contributed by atoms with van der Waals surface area (Å²) < 4.78 is 16.8. The van der Waals surface area contributed by atoms with Crippen LogP contribution in [0.3, 0.4) is 0 Å². The summed E-state index contributed by atoms with van der Waals surface area (Å²) in [6.07, 6.45) is 6.34. The second-order valence-electron chi connectivity index (χ2n) is 8.92. The number of carbonyl (C=O) groups excluding carboxylic acids is 1. The lowest BCUT2D eigenvalue weighted by Crippen LogP contribution is -2.50. The molecule has 28 heavy (non-hydrogen) atoms. The van der Waals surface area contributed by atoms with Crippen LogP contribution in [0.25, 0.3) is 11.5 Å². The molecule has 4 fully saturated rings. The molecule has 6 heteroatoms. The fourth-order valence-electron chi connectivity index (χ4n) is 5.95. The number of ether oxygens (including phenoxy) is 2. The number of hydrogen-bond acceptors (Lipinski definition) is 6. The highest BCUT2D eigenvalue weighted by atomic mass is 16.6. The molecule has 4 aliphatic carbocycles. The van der Waals surface area contributed by atoms with Gasteiger partial charge in [0.1, 0.15) is 5.75 Å². The first-order valence-corrected chi connectivity index (χ1v) is 10.2. The van der Waals surface area contributed by atoms with Gasteiger partial charge in [-0.15, -0.1) is 10.2 Å². The van der Waals surface area contributed by atoms with E-state index < -0.39 is 6.10 Å². The molecule has 1 atom stereocenters. The van der Waals surface area contributed by atoms with Crippen LogP contribution >= 0.6 is 0 Å². The third kappa shape index (κ3) is 2.99. The molecule has 6 nitrogen and oxygen atoms in total. The van der Waals surface area contributed by atoms with Crippen molar-refractivity contribution >= 4 is 5.97 Å². The molecule has 0 N–H and O–H groups in total. The Bertz CT molecular complexity index is 838. The molecule has 4 saturated carbocycles. The van der Waals surface area contributed by atoms with Gasteiger partial charge in [0.2, 0.25) is 5.89 Å². The summed E-state index contributed by atoms with van der Waals surface area (Å²) in [7, 11) is 1.62. The summed E-state index contributed by atoms with van der Waals surface area (Å²) in [4.78, 5) is 13.1. The Balaban J connectivity index is 1.29. The minimum atomic E-state index is -0.542. The topological polar surface area (TPSA) is 74.5 Å². The van der Waals surface area contributed by atoms with E-state index in [0.29, 0.717) is 29.5 Å². The zero-order valence-electron chi connectivity index (χ0n) is 16.4. The highest BCUT2D eigenvalue weighted by Gasteiger charge is 2.55. The average Bonchev–Trinajstić information content (AvgIpc) is 3.17. The second-order valence-corrected chi connectivity index (χ2v) is 8.92. The van der Waals surface area contributed by atoms with Crippen LogP contribution in [0.15, 0.2) is 28.7 Å². The van der Waals surface area contributed by atoms with Crippen molar-refractivity contribution in [3.8, 4) is 17.2 Å². The van der Waals surface area contributed by atoms with Gasteiger partial charge in [-0.1, -0.05) is 0 Å². The third-order valence-corrected chi connectivity index (χ3v) is 6.88. The first-order chi connectivity index (χ1) is 13.5. The molecular weight excluding hydrogens is 356 g/mol. The highest BCUT2D eigenvalue weighted by Crippen LogP contribution is 2.60. The Hall–Kier alpha value is -2.37. The lowest BCUT2D eigenvalue weighted by atomic mass is 9.49. The standard InChI is InChI=1S/C22H26N2O4/c1-13(19-23-24-20(28-19)17-3-5-18(26-2)6-4-17)27-21(25)22-10-14-7-15(11-22)9-16(8-14)12-22/h3-6,13-16H,7-12H2,1-2H3/t13-,14?,15?,16?,22?/m0/s1. The Morgan fingerprint density at radius 1 is 1.07 bits per heavy atom. The molecule has 0 radical (unpaired) electrons. The molecule has 148 valence electrons. The zero-order chi connectivity index (χ0) is 19.3. The van der Waals surface area contributed by atoms with Crippen LogP contribution in [0, 0.1) is 23.2 Å². The van der Waals surface area contributed by atoms with Crippen LogP contribution in [0.1, 0.15) is 57.4 Å². The third-order valence-electron chi connectivity index (χ3n) is 6.88. The number of methoxy groups -OCH3 is 1. The van der Waals surface area contributed by atoms with Crippen molar-refractivity contribution in [2.45, 2.75) is 51.6 Å². The molecule has 1 aromatic heterocycles. The van der Waals surface area contributed by atoms with Crippen molar-refractivity contribution in [2.75, 3.05) is 7.11 Å². The van der Waals surface area contributed by atoms with Gasteiger partial charge in [-0.3, -0.25) is 4.79 Å². The zero-order valence-corrected chi connectivity index (χ0v) is 16.4. The average molecular weight is 382 g/mol. The van der Waals surface area contributed by atoms with Gasteiger partial charge in [0.15, 0.2) is 6.10 Å². The van der Waals surface area contributed by atoms with Crippen LogP contribution in [-0.4, -0.2) is 23.3 Å². The summed E-state index contributed by atoms with van der Waals surface area (Å²) in [5.41, 5.74) is 0.529. The number of carbonyl (C=O) groups is 1. The lowest BCUT2D eigenvalue weighted by molar-refractivity contribution is -0.177. The number of rotatable bonds is 5. The van der Waals surface area contributed by atoms with Gasteiger partial charge in [0, 0.05) is 5.56 Å². The highest BCUT2D eigenvalue weighted by molar-refractivity contribution is 5.77. The van der Waals surface area contributed by atoms with Crippen molar-refractivity contribution in [1.82, 2.24) is 10.2 Å². The summed E-state index contributed by atoms with van der Waals surface area (Å²) in [6, 6.07) is 7.41. The molecule has 0 spiro atoms. The molecule has 4 aliphatic rings. The van der Waals surface area contributed by atoms with E-state index in [-0.39, 0.29) is 11.4 Å². The van der Waals surface area contributed by atoms with Gasteiger partial charge in [-0.25, -0.2) is 0 Å². The van der Waals surface area contributed by atoms with E-state index in [1.807, 2.05) is 31.2 Å². The molecular formula is C22H26N2O4. The first kappa shape index (κ1) is 17.7. The first-order valence-electron chi connectivity index (χ1n) is 10.2. The predicted molar refractivity (Wildman–Crippen MR) is 101 cm³/mol. The summed E-state index contributed by atoms with van der Waals surface area (Å²) in [5.74, 6) is 3.57. The molecule has 4 bridgehead atoms. The van der Waals surface area contributed by atoms with Gasteiger partial charge in [-0.2, -0.15) is 0 Å². The minimum Gasteiger partial charge on any atom is -0.497 e. The van der Waals surface area contributed by atoms with Crippen molar-refractivity contribution in [1.29, 1.82) is 0 Å². The molecule has 6 rings (SSSR count).